The lowest BCUT2D eigenvalue weighted by molar-refractivity contribution is 0.415. The van der Waals surface area contributed by atoms with Crippen molar-refractivity contribution in [1.82, 2.24) is 25.1 Å². The fourth-order valence-electron chi connectivity index (χ4n) is 3.35. The Balaban J connectivity index is 1.50. The number of aromatic nitrogens is 5. The van der Waals surface area contributed by atoms with Gasteiger partial charge in [-0.25, -0.2) is 9.97 Å². The molecule has 0 spiro atoms. The van der Waals surface area contributed by atoms with E-state index in [1.807, 2.05) is 24.3 Å². The van der Waals surface area contributed by atoms with Gasteiger partial charge in [0.1, 0.15) is 16.4 Å². The molecule has 0 aliphatic heterocycles. The van der Waals surface area contributed by atoms with E-state index >= 15 is 0 Å². The van der Waals surface area contributed by atoms with Crippen LogP contribution in [0.5, 0.6) is 5.75 Å². The first-order valence-electron chi connectivity index (χ1n) is 10.2. The summed E-state index contributed by atoms with van der Waals surface area (Å²) in [6.07, 6.45) is 2.00. The van der Waals surface area contributed by atoms with Gasteiger partial charge in [0.25, 0.3) is 5.56 Å². The minimum atomic E-state index is -0.0582. The van der Waals surface area contributed by atoms with E-state index in [1.54, 1.807) is 18.4 Å². The molecule has 3 heterocycles. The van der Waals surface area contributed by atoms with Crippen LogP contribution >= 0.6 is 23.1 Å². The fourth-order valence-corrected chi connectivity index (χ4v) is 5.09. The van der Waals surface area contributed by atoms with Gasteiger partial charge in [-0.3, -0.25) is 9.89 Å². The number of methoxy groups -OCH3 is 1. The smallest absolute Gasteiger partial charge is 0.259 e. The molecule has 7 nitrogen and oxygen atoms in total. The number of benzene rings is 1. The minimum Gasteiger partial charge on any atom is -0.497 e. The van der Waals surface area contributed by atoms with Crippen LogP contribution in [-0.4, -0.2) is 32.3 Å². The van der Waals surface area contributed by atoms with Crippen LogP contribution in [-0.2, 0) is 12.2 Å². The predicted molar refractivity (Wildman–Crippen MR) is 126 cm³/mol. The monoisotopic (exact) mass is 455 g/mol. The maximum atomic E-state index is 12.8. The zero-order chi connectivity index (χ0) is 22.0. The Morgan fingerprint density at radius 2 is 2.00 bits per heavy atom. The number of fused-ring (bicyclic) bond motifs is 1. The fraction of sp³-hybridized carbons (Fsp3) is 0.364. The number of hydrogen-bond acceptors (Lipinski definition) is 7. The molecule has 162 valence electrons. The highest BCUT2D eigenvalue weighted by Gasteiger charge is 2.17. The third-order valence-electron chi connectivity index (χ3n) is 5.33. The van der Waals surface area contributed by atoms with Crippen molar-refractivity contribution in [3.63, 3.8) is 0 Å². The van der Waals surface area contributed by atoms with Crippen LogP contribution in [0, 0.1) is 12.8 Å². The average molecular weight is 456 g/mol. The normalized spacial score (nSPS) is 12.4. The van der Waals surface area contributed by atoms with Crippen LogP contribution in [0.25, 0.3) is 21.6 Å². The minimum absolute atomic E-state index is 0.0582. The lowest BCUT2D eigenvalue weighted by Gasteiger charge is -2.08. The van der Waals surface area contributed by atoms with Gasteiger partial charge in [-0.05, 0) is 49.1 Å². The van der Waals surface area contributed by atoms with Gasteiger partial charge in [-0.2, -0.15) is 0 Å². The molecule has 1 unspecified atom stereocenters. The van der Waals surface area contributed by atoms with Gasteiger partial charge < -0.3 is 9.72 Å². The number of hydrogen-bond donors (Lipinski definition) is 2. The summed E-state index contributed by atoms with van der Waals surface area (Å²) in [4.78, 5) is 27.0. The van der Waals surface area contributed by atoms with E-state index < -0.39 is 0 Å². The molecule has 0 saturated heterocycles. The zero-order valence-corrected chi connectivity index (χ0v) is 19.6. The van der Waals surface area contributed by atoms with Crippen molar-refractivity contribution in [2.75, 3.05) is 7.11 Å². The second-order valence-corrected chi connectivity index (χ2v) is 9.68. The average Bonchev–Trinajstić information content (AvgIpc) is 3.37. The van der Waals surface area contributed by atoms with E-state index in [0.29, 0.717) is 28.5 Å². The van der Waals surface area contributed by atoms with Gasteiger partial charge in [0, 0.05) is 10.4 Å². The standard InChI is InChI=1S/C22H25N5O2S2/c1-5-12(2)10-16-13(3)31-21-18(16)20(28)23-17(24-21)11-30-22-25-19(26-27-22)14-6-8-15(29-4)9-7-14/h6-9,12H,5,10-11H2,1-4H3,(H,23,24,28)(H,25,26,27). The second-order valence-electron chi connectivity index (χ2n) is 7.53. The van der Waals surface area contributed by atoms with Crippen molar-refractivity contribution < 1.29 is 4.74 Å². The van der Waals surface area contributed by atoms with Crippen LogP contribution < -0.4 is 10.3 Å². The lowest BCUT2D eigenvalue weighted by Crippen LogP contribution is -2.12. The van der Waals surface area contributed by atoms with Gasteiger partial charge >= 0.3 is 0 Å². The first-order valence-corrected chi connectivity index (χ1v) is 12.0. The largest absolute Gasteiger partial charge is 0.497 e. The highest BCUT2D eigenvalue weighted by molar-refractivity contribution is 7.98. The van der Waals surface area contributed by atoms with Gasteiger partial charge in [-0.15, -0.1) is 16.4 Å². The molecule has 4 aromatic rings. The number of thioether (sulfide) groups is 1. The third kappa shape index (κ3) is 4.67. The third-order valence-corrected chi connectivity index (χ3v) is 7.23. The molecule has 2 N–H and O–H groups in total. The Morgan fingerprint density at radius 3 is 2.71 bits per heavy atom. The quantitative estimate of drug-likeness (QED) is 0.364. The molecule has 9 heteroatoms. The number of aryl methyl sites for hydroxylation is 1. The Hall–Kier alpha value is -2.65. The number of aromatic amines is 2. The molecule has 0 aliphatic rings. The first-order chi connectivity index (χ1) is 15.0. The number of ether oxygens (including phenoxy) is 1. The van der Waals surface area contributed by atoms with E-state index in [0.717, 1.165) is 39.9 Å². The molecule has 0 aliphatic carbocycles. The molecule has 1 aromatic carbocycles. The zero-order valence-electron chi connectivity index (χ0n) is 18.0. The van der Waals surface area contributed by atoms with Gasteiger partial charge in [0.15, 0.2) is 5.82 Å². The highest BCUT2D eigenvalue weighted by Crippen LogP contribution is 2.30. The predicted octanol–water partition coefficient (Wildman–Crippen LogP) is 4.97. The molecular formula is C22H25N5O2S2. The Morgan fingerprint density at radius 1 is 1.23 bits per heavy atom. The van der Waals surface area contributed by atoms with E-state index in [9.17, 15) is 4.79 Å². The maximum Gasteiger partial charge on any atom is 0.259 e. The molecule has 0 amide bonds. The molecule has 0 radical (unpaired) electrons. The van der Waals surface area contributed by atoms with Crippen LogP contribution in [0.15, 0.2) is 34.2 Å². The Kier molecular flexibility index (Phi) is 6.43. The van der Waals surface area contributed by atoms with Crippen LogP contribution in [0.3, 0.4) is 0 Å². The van der Waals surface area contributed by atoms with E-state index in [-0.39, 0.29) is 5.56 Å². The SMILES string of the molecule is CCC(C)Cc1c(C)sc2nc(CSc3n[nH]c(-c4ccc(OC)cc4)n3)[nH]c(=O)c12. The molecule has 3 aromatic heterocycles. The van der Waals surface area contributed by atoms with Crippen molar-refractivity contribution in [2.45, 2.75) is 44.5 Å². The summed E-state index contributed by atoms with van der Waals surface area (Å²) in [5.74, 6) is 3.14. The molecular weight excluding hydrogens is 430 g/mol. The summed E-state index contributed by atoms with van der Waals surface area (Å²) in [6, 6.07) is 7.62. The number of rotatable bonds is 8. The number of nitrogens with one attached hydrogen (secondary N) is 2. The molecule has 31 heavy (non-hydrogen) atoms. The number of thiophene rings is 1. The second kappa shape index (κ2) is 9.23. The number of H-pyrrole nitrogens is 2. The van der Waals surface area contributed by atoms with Gasteiger partial charge in [-0.1, -0.05) is 32.0 Å². The van der Waals surface area contributed by atoms with Crippen molar-refractivity contribution in [1.29, 1.82) is 0 Å². The van der Waals surface area contributed by atoms with Gasteiger partial charge in [0.05, 0.1) is 18.2 Å². The van der Waals surface area contributed by atoms with Crippen LogP contribution in [0.4, 0.5) is 0 Å². The molecule has 0 fully saturated rings. The summed E-state index contributed by atoms with van der Waals surface area (Å²) in [7, 11) is 1.64. The van der Waals surface area contributed by atoms with Crippen LogP contribution in [0.2, 0.25) is 0 Å². The van der Waals surface area contributed by atoms with Crippen LogP contribution in [0.1, 0.15) is 36.5 Å². The number of nitrogens with zero attached hydrogens (tertiary/aromatic N) is 3. The van der Waals surface area contributed by atoms with Crippen molar-refractivity contribution in [2.24, 2.45) is 5.92 Å². The van der Waals surface area contributed by atoms with Crippen molar-refractivity contribution in [3.8, 4) is 17.1 Å². The lowest BCUT2D eigenvalue weighted by atomic mass is 9.98. The maximum absolute atomic E-state index is 12.8. The molecule has 4 rings (SSSR count). The summed E-state index contributed by atoms with van der Waals surface area (Å²) in [5, 5.41) is 8.58. The molecule has 1 atom stereocenters. The Bertz CT molecular complexity index is 1240. The highest BCUT2D eigenvalue weighted by atomic mass is 32.2. The topological polar surface area (TPSA) is 96.5 Å². The summed E-state index contributed by atoms with van der Waals surface area (Å²) in [5.41, 5.74) is 2.01. The van der Waals surface area contributed by atoms with E-state index in [4.69, 9.17) is 9.72 Å². The molecule has 0 bridgehead atoms. The van der Waals surface area contributed by atoms with Crippen molar-refractivity contribution >= 4 is 33.3 Å². The first kappa shape index (κ1) is 21.6. The summed E-state index contributed by atoms with van der Waals surface area (Å²) >= 11 is 3.03. The van der Waals surface area contributed by atoms with E-state index in [1.165, 1.54) is 16.6 Å². The summed E-state index contributed by atoms with van der Waals surface area (Å²) < 4.78 is 5.19. The van der Waals surface area contributed by atoms with E-state index in [2.05, 4.69) is 40.9 Å². The molecule has 0 saturated carbocycles. The van der Waals surface area contributed by atoms with Gasteiger partial charge in [0.2, 0.25) is 5.16 Å². The van der Waals surface area contributed by atoms with Crippen molar-refractivity contribution in [3.05, 3.63) is 50.9 Å². The summed E-state index contributed by atoms with van der Waals surface area (Å²) in [6.45, 7) is 6.47. The Labute approximate surface area is 188 Å².